The molecule has 0 aromatic rings. The van der Waals surface area contributed by atoms with Crippen LogP contribution in [0.2, 0.25) is 0 Å². The summed E-state index contributed by atoms with van der Waals surface area (Å²) >= 11 is 0. The highest BCUT2D eigenvalue weighted by Gasteiger charge is 2.23. The summed E-state index contributed by atoms with van der Waals surface area (Å²) in [6.45, 7) is 4.03. The monoisotopic (exact) mass is 157 g/mol. The van der Waals surface area contributed by atoms with Crippen LogP contribution in [0.25, 0.3) is 0 Å². The molecule has 11 heavy (non-hydrogen) atoms. The molecule has 0 spiro atoms. The molecule has 1 saturated heterocycles. The zero-order chi connectivity index (χ0) is 8.10. The predicted molar refractivity (Wildman–Crippen MR) is 46.5 cm³/mol. The van der Waals surface area contributed by atoms with Crippen molar-refractivity contribution in [3.63, 3.8) is 0 Å². The van der Waals surface area contributed by atoms with Crippen molar-refractivity contribution in [2.75, 3.05) is 13.1 Å². The molecule has 2 N–H and O–H groups in total. The first kappa shape index (κ1) is 9.01. The van der Waals surface area contributed by atoms with Gasteiger partial charge in [-0.2, -0.15) is 0 Å². The van der Waals surface area contributed by atoms with Gasteiger partial charge in [0.2, 0.25) is 0 Å². The lowest BCUT2D eigenvalue weighted by Crippen LogP contribution is -2.17. The van der Waals surface area contributed by atoms with Crippen LogP contribution in [0.3, 0.4) is 0 Å². The van der Waals surface area contributed by atoms with Gasteiger partial charge in [0.1, 0.15) is 0 Å². The van der Waals surface area contributed by atoms with E-state index in [1.165, 1.54) is 25.7 Å². The summed E-state index contributed by atoms with van der Waals surface area (Å²) in [6, 6.07) is 0. The Balaban J connectivity index is 2.05. The fourth-order valence-electron chi connectivity index (χ4n) is 1.67. The molecule has 66 valence electrons. The molecule has 1 aliphatic heterocycles. The number of β-amino-alcohol motifs (C(OH)–C–C–N with tert-alkyl or cyclic N) is 1. The van der Waals surface area contributed by atoms with Crippen molar-refractivity contribution in [1.29, 1.82) is 0 Å². The first-order chi connectivity index (χ1) is 5.34. The van der Waals surface area contributed by atoms with Crippen LogP contribution in [0.15, 0.2) is 0 Å². The Morgan fingerprint density at radius 3 is 2.73 bits per heavy atom. The Hall–Kier alpha value is -0.0800. The lowest BCUT2D eigenvalue weighted by Gasteiger charge is -2.11. The molecule has 0 aliphatic carbocycles. The summed E-state index contributed by atoms with van der Waals surface area (Å²) in [6.07, 6.45) is 4.98. The molecule has 2 nitrogen and oxygen atoms in total. The molecule has 1 aliphatic rings. The highest BCUT2D eigenvalue weighted by molar-refractivity contribution is 4.79. The number of hydrogen-bond acceptors (Lipinski definition) is 2. The maximum atomic E-state index is 9.43. The minimum atomic E-state index is -0.0770. The molecule has 0 aromatic heterocycles. The number of aliphatic hydroxyl groups is 1. The van der Waals surface area contributed by atoms with Crippen molar-refractivity contribution in [2.24, 2.45) is 5.92 Å². The van der Waals surface area contributed by atoms with Crippen LogP contribution in [0.1, 0.15) is 32.6 Å². The van der Waals surface area contributed by atoms with Crippen molar-refractivity contribution >= 4 is 0 Å². The number of nitrogens with one attached hydrogen (secondary N) is 1. The summed E-state index contributed by atoms with van der Waals surface area (Å²) in [5.74, 6) is 0.529. The maximum absolute atomic E-state index is 9.43. The van der Waals surface area contributed by atoms with Gasteiger partial charge < -0.3 is 10.4 Å². The summed E-state index contributed by atoms with van der Waals surface area (Å²) in [7, 11) is 0. The third-order valence-corrected chi connectivity index (χ3v) is 2.48. The van der Waals surface area contributed by atoms with Crippen LogP contribution in [0.5, 0.6) is 0 Å². The minimum Gasteiger partial charge on any atom is -0.391 e. The lowest BCUT2D eigenvalue weighted by molar-refractivity contribution is 0.141. The summed E-state index contributed by atoms with van der Waals surface area (Å²) in [5.41, 5.74) is 0. The van der Waals surface area contributed by atoms with Crippen LogP contribution in [0.4, 0.5) is 0 Å². The molecule has 0 saturated carbocycles. The second-order valence-electron chi connectivity index (χ2n) is 3.48. The molecule has 2 heteroatoms. The van der Waals surface area contributed by atoms with Crippen molar-refractivity contribution in [1.82, 2.24) is 5.32 Å². The Morgan fingerprint density at radius 2 is 2.18 bits per heavy atom. The zero-order valence-corrected chi connectivity index (χ0v) is 7.34. The van der Waals surface area contributed by atoms with E-state index in [1.807, 2.05) is 0 Å². The average molecular weight is 157 g/mol. The van der Waals surface area contributed by atoms with Crippen LogP contribution in [-0.4, -0.2) is 24.3 Å². The standard InChI is InChI=1S/C9H19NO/c1-2-3-4-5-8-6-10-7-9(8)11/h8-11H,2-7H2,1H3. The van der Waals surface area contributed by atoms with Gasteiger partial charge >= 0.3 is 0 Å². The summed E-state index contributed by atoms with van der Waals surface area (Å²) in [5, 5.41) is 12.6. The van der Waals surface area contributed by atoms with E-state index in [4.69, 9.17) is 0 Å². The molecule has 0 aromatic carbocycles. The Bertz CT molecular complexity index is 106. The van der Waals surface area contributed by atoms with Crippen molar-refractivity contribution < 1.29 is 5.11 Å². The molecule has 2 atom stereocenters. The molecule has 2 unspecified atom stereocenters. The van der Waals surface area contributed by atoms with Gasteiger partial charge in [0, 0.05) is 13.1 Å². The second kappa shape index (κ2) is 4.73. The number of unbranched alkanes of at least 4 members (excludes halogenated alkanes) is 2. The van der Waals surface area contributed by atoms with Gasteiger partial charge in [-0.25, -0.2) is 0 Å². The van der Waals surface area contributed by atoms with Gasteiger partial charge in [0.15, 0.2) is 0 Å². The second-order valence-corrected chi connectivity index (χ2v) is 3.48. The molecule has 1 fully saturated rings. The molecular weight excluding hydrogens is 138 g/mol. The van der Waals surface area contributed by atoms with E-state index in [0.29, 0.717) is 5.92 Å². The van der Waals surface area contributed by atoms with E-state index in [1.54, 1.807) is 0 Å². The minimum absolute atomic E-state index is 0.0770. The van der Waals surface area contributed by atoms with Gasteiger partial charge in [-0.3, -0.25) is 0 Å². The van der Waals surface area contributed by atoms with Crippen molar-refractivity contribution in [3.8, 4) is 0 Å². The van der Waals surface area contributed by atoms with Crippen LogP contribution in [0, 0.1) is 5.92 Å². The van der Waals surface area contributed by atoms with Crippen molar-refractivity contribution in [2.45, 2.75) is 38.7 Å². The molecule has 0 radical (unpaired) electrons. The largest absolute Gasteiger partial charge is 0.391 e. The molecule has 0 amide bonds. The Kier molecular flexibility index (Phi) is 3.87. The number of hydrogen-bond donors (Lipinski definition) is 2. The fourth-order valence-corrected chi connectivity index (χ4v) is 1.67. The molecule has 1 rings (SSSR count). The maximum Gasteiger partial charge on any atom is 0.0704 e. The van der Waals surface area contributed by atoms with Gasteiger partial charge in [-0.1, -0.05) is 26.2 Å². The Labute approximate surface area is 69.0 Å². The van der Waals surface area contributed by atoms with E-state index in [0.717, 1.165) is 13.1 Å². The number of aliphatic hydroxyl groups excluding tert-OH is 1. The van der Waals surface area contributed by atoms with Crippen molar-refractivity contribution in [3.05, 3.63) is 0 Å². The first-order valence-corrected chi connectivity index (χ1v) is 4.73. The van der Waals surface area contributed by atoms with Gasteiger partial charge in [-0.15, -0.1) is 0 Å². The van der Waals surface area contributed by atoms with E-state index in [-0.39, 0.29) is 6.10 Å². The lowest BCUT2D eigenvalue weighted by atomic mass is 9.99. The third-order valence-electron chi connectivity index (χ3n) is 2.48. The molecular formula is C9H19NO. The van der Waals surface area contributed by atoms with Gasteiger partial charge in [0.05, 0.1) is 6.10 Å². The highest BCUT2D eigenvalue weighted by atomic mass is 16.3. The topological polar surface area (TPSA) is 32.3 Å². The molecule has 0 bridgehead atoms. The van der Waals surface area contributed by atoms with Gasteiger partial charge in [-0.05, 0) is 12.3 Å². The molecule has 1 heterocycles. The summed E-state index contributed by atoms with van der Waals surface area (Å²) in [4.78, 5) is 0. The quantitative estimate of drug-likeness (QED) is 0.600. The van der Waals surface area contributed by atoms with Crippen LogP contribution < -0.4 is 5.32 Å². The van der Waals surface area contributed by atoms with Crippen LogP contribution in [-0.2, 0) is 0 Å². The SMILES string of the molecule is CCCCCC1CNCC1O. The van der Waals surface area contributed by atoms with Crippen LogP contribution >= 0.6 is 0 Å². The number of rotatable bonds is 4. The fraction of sp³-hybridized carbons (Fsp3) is 1.00. The van der Waals surface area contributed by atoms with Gasteiger partial charge in [0.25, 0.3) is 0 Å². The summed E-state index contributed by atoms with van der Waals surface area (Å²) < 4.78 is 0. The normalized spacial score (nSPS) is 31.1. The Morgan fingerprint density at radius 1 is 1.36 bits per heavy atom. The first-order valence-electron chi connectivity index (χ1n) is 4.73. The third kappa shape index (κ3) is 2.80. The average Bonchev–Trinajstić information content (AvgIpc) is 2.37. The highest BCUT2D eigenvalue weighted by Crippen LogP contribution is 2.16. The van der Waals surface area contributed by atoms with E-state index in [2.05, 4.69) is 12.2 Å². The predicted octanol–water partition coefficient (Wildman–Crippen LogP) is 1.15. The smallest absolute Gasteiger partial charge is 0.0704 e. The van der Waals surface area contributed by atoms with E-state index in [9.17, 15) is 5.11 Å². The zero-order valence-electron chi connectivity index (χ0n) is 7.34. The van der Waals surface area contributed by atoms with E-state index < -0.39 is 0 Å². The van der Waals surface area contributed by atoms with E-state index >= 15 is 0 Å².